The third kappa shape index (κ3) is 3.78. The van der Waals surface area contributed by atoms with E-state index in [2.05, 4.69) is 69.0 Å². The molecule has 2 aliphatic rings. The van der Waals surface area contributed by atoms with E-state index in [4.69, 9.17) is 0 Å². The summed E-state index contributed by atoms with van der Waals surface area (Å²) >= 11 is 0. The molecule has 182 valence electrons. The highest BCUT2D eigenvalue weighted by atomic mass is 32.2. The largest absolute Gasteiger partial charge is 0.243 e. The summed E-state index contributed by atoms with van der Waals surface area (Å²) in [7, 11) is -3.69. The molecule has 35 heavy (non-hydrogen) atoms. The maximum absolute atomic E-state index is 14.4. The van der Waals surface area contributed by atoms with Gasteiger partial charge in [0, 0.05) is 24.4 Å². The molecular formula is C31H35NO2S. The Bertz CT molecular complexity index is 1370. The smallest absolute Gasteiger partial charge is 0.207 e. The lowest BCUT2D eigenvalue weighted by molar-refractivity contribution is 0.285. The van der Waals surface area contributed by atoms with Gasteiger partial charge in [0.1, 0.15) is 0 Å². The zero-order chi connectivity index (χ0) is 25.1. The number of hydrogen-bond donors (Lipinski definition) is 0. The van der Waals surface area contributed by atoms with Crippen molar-refractivity contribution < 1.29 is 8.42 Å². The normalized spacial score (nSPS) is 24.5. The van der Waals surface area contributed by atoms with Gasteiger partial charge >= 0.3 is 0 Å². The van der Waals surface area contributed by atoms with Crippen LogP contribution < -0.4 is 0 Å². The van der Waals surface area contributed by atoms with Gasteiger partial charge in [-0.2, -0.15) is 4.31 Å². The molecule has 0 bridgehead atoms. The van der Waals surface area contributed by atoms with E-state index < -0.39 is 10.0 Å². The van der Waals surface area contributed by atoms with Crippen molar-refractivity contribution >= 4 is 15.6 Å². The van der Waals surface area contributed by atoms with E-state index >= 15 is 0 Å². The number of benzene rings is 3. The fourth-order valence-electron chi connectivity index (χ4n) is 6.91. The summed E-state index contributed by atoms with van der Waals surface area (Å²) in [5, 5.41) is 0. The van der Waals surface area contributed by atoms with E-state index in [9.17, 15) is 8.42 Å². The van der Waals surface area contributed by atoms with Crippen LogP contribution in [0.15, 0.2) is 78.2 Å². The van der Waals surface area contributed by atoms with Crippen LogP contribution in [0.3, 0.4) is 0 Å². The first-order chi connectivity index (χ1) is 16.6. The van der Waals surface area contributed by atoms with Crippen LogP contribution in [-0.2, 0) is 10.0 Å². The number of hydrogen-bond acceptors (Lipinski definition) is 2. The molecule has 1 aliphatic heterocycles. The molecule has 1 fully saturated rings. The molecule has 1 saturated heterocycles. The SMILES string of the molecule is C=C1c2ccccc2[C@H](c2ccccc2)[C@@H]2CN(S(=O)(=O)c3c(C)cc(C)cc3C)[C@@H](C(C)C)[C@H]12. The second-order valence-corrected chi connectivity index (χ2v) is 12.6. The van der Waals surface area contributed by atoms with E-state index in [0.29, 0.717) is 11.4 Å². The minimum Gasteiger partial charge on any atom is -0.207 e. The van der Waals surface area contributed by atoms with Gasteiger partial charge in [0.25, 0.3) is 0 Å². The molecule has 0 unspecified atom stereocenters. The fraction of sp³-hybridized carbons (Fsp3) is 0.355. The van der Waals surface area contributed by atoms with Gasteiger partial charge in [0.05, 0.1) is 4.90 Å². The van der Waals surface area contributed by atoms with Crippen LogP contribution >= 0.6 is 0 Å². The molecule has 0 saturated carbocycles. The monoisotopic (exact) mass is 485 g/mol. The molecule has 0 N–H and O–H groups in total. The fourth-order valence-corrected chi connectivity index (χ4v) is 9.14. The Hall–Kier alpha value is -2.69. The second kappa shape index (κ2) is 8.76. The van der Waals surface area contributed by atoms with Crippen LogP contribution in [0.2, 0.25) is 0 Å². The third-order valence-electron chi connectivity index (χ3n) is 8.04. The molecule has 0 aromatic heterocycles. The number of rotatable bonds is 4. The molecule has 3 aromatic carbocycles. The second-order valence-electron chi connectivity index (χ2n) is 10.7. The Morgan fingerprint density at radius 3 is 2.14 bits per heavy atom. The zero-order valence-corrected chi connectivity index (χ0v) is 22.1. The lowest BCUT2D eigenvalue weighted by Gasteiger charge is -2.40. The standard InChI is InChI=1S/C31H35NO2S/c1-19(2)30-28-23(6)25-14-10-11-15-26(25)29(24-12-8-7-9-13-24)27(28)18-32(30)35(33,34)31-21(4)16-20(3)17-22(31)5/h7-17,19,27-30H,6,18H2,1-5H3/t27-,28-,29+,30+/m1/s1. The number of sulfonamides is 1. The van der Waals surface area contributed by atoms with Gasteiger partial charge in [0.15, 0.2) is 0 Å². The minimum atomic E-state index is -3.69. The van der Waals surface area contributed by atoms with Crippen LogP contribution in [0.25, 0.3) is 5.57 Å². The van der Waals surface area contributed by atoms with Crippen molar-refractivity contribution in [1.29, 1.82) is 0 Å². The van der Waals surface area contributed by atoms with Gasteiger partial charge in [-0.1, -0.05) is 92.7 Å². The predicted octanol–water partition coefficient (Wildman–Crippen LogP) is 6.73. The van der Waals surface area contributed by atoms with E-state index in [-0.39, 0.29) is 29.7 Å². The first-order valence-electron chi connectivity index (χ1n) is 12.6. The number of aryl methyl sites for hydroxylation is 3. The molecule has 4 atom stereocenters. The highest BCUT2D eigenvalue weighted by molar-refractivity contribution is 7.89. The van der Waals surface area contributed by atoms with E-state index in [1.54, 1.807) is 0 Å². The predicted molar refractivity (Wildman–Crippen MR) is 144 cm³/mol. The lowest BCUT2D eigenvalue weighted by atomic mass is 9.63. The molecule has 1 aliphatic carbocycles. The van der Waals surface area contributed by atoms with Gasteiger partial charge in [-0.25, -0.2) is 8.42 Å². The lowest BCUT2D eigenvalue weighted by Crippen LogP contribution is -2.42. The van der Waals surface area contributed by atoms with Gasteiger partial charge in [-0.3, -0.25) is 0 Å². The molecule has 0 amide bonds. The maximum Gasteiger partial charge on any atom is 0.243 e. The van der Waals surface area contributed by atoms with Crippen molar-refractivity contribution in [3.8, 4) is 0 Å². The van der Waals surface area contributed by atoms with Gasteiger partial charge in [-0.05, 0) is 66.0 Å². The highest BCUT2D eigenvalue weighted by Gasteiger charge is 2.54. The zero-order valence-electron chi connectivity index (χ0n) is 21.3. The van der Waals surface area contributed by atoms with Crippen molar-refractivity contribution in [3.05, 3.63) is 107 Å². The summed E-state index contributed by atoms with van der Waals surface area (Å²) in [5.74, 6) is 0.484. The molecule has 5 rings (SSSR count). The summed E-state index contributed by atoms with van der Waals surface area (Å²) in [5.41, 5.74) is 7.48. The van der Waals surface area contributed by atoms with E-state index in [1.807, 2.05) is 43.3 Å². The topological polar surface area (TPSA) is 37.4 Å². The van der Waals surface area contributed by atoms with Gasteiger partial charge < -0.3 is 0 Å². The molecule has 4 heteroatoms. The highest BCUT2D eigenvalue weighted by Crippen LogP contribution is 2.55. The summed E-state index contributed by atoms with van der Waals surface area (Å²) in [6.45, 7) is 15.2. The summed E-state index contributed by atoms with van der Waals surface area (Å²) in [6, 6.07) is 22.9. The van der Waals surface area contributed by atoms with Crippen LogP contribution in [0, 0.1) is 38.5 Å². The van der Waals surface area contributed by atoms with Gasteiger partial charge in [-0.15, -0.1) is 0 Å². The Morgan fingerprint density at radius 2 is 1.51 bits per heavy atom. The van der Waals surface area contributed by atoms with Crippen LogP contribution in [0.4, 0.5) is 0 Å². The Labute approximate surface area is 210 Å². The van der Waals surface area contributed by atoms with E-state index in [1.165, 1.54) is 16.7 Å². The van der Waals surface area contributed by atoms with Crippen molar-refractivity contribution in [3.63, 3.8) is 0 Å². The quantitative estimate of drug-likeness (QED) is 0.411. The maximum atomic E-state index is 14.4. The molecule has 0 spiro atoms. The minimum absolute atomic E-state index is 0.0657. The average Bonchev–Trinajstić information content (AvgIpc) is 3.21. The molecule has 0 radical (unpaired) electrons. The van der Waals surface area contributed by atoms with E-state index in [0.717, 1.165) is 22.3 Å². The van der Waals surface area contributed by atoms with Crippen molar-refractivity contribution in [1.82, 2.24) is 4.31 Å². The first-order valence-corrected chi connectivity index (χ1v) is 14.0. The molecule has 3 aromatic rings. The third-order valence-corrected chi connectivity index (χ3v) is 10.2. The number of nitrogens with zero attached hydrogens (tertiary/aromatic N) is 1. The Balaban J connectivity index is 1.70. The van der Waals surface area contributed by atoms with Crippen molar-refractivity contribution in [2.75, 3.05) is 6.54 Å². The first kappa shape index (κ1) is 24.0. The Kier molecular flexibility index (Phi) is 6.01. The summed E-state index contributed by atoms with van der Waals surface area (Å²) in [4.78, 5) is 0.465. The van der Waals surface area contributed by atoms with Crippen molar-refractivity contribution in [2.24, 2.45) is 17.8 Å². The Morgan fingerprint density at radius 1 is 0.914 bits per heavy atom. The van der Waals surface area contributed by atoms with Crippen LogP contribution in [0.5, 0.6) is 0 Å². The average molecular weight is 486 g/mol. The number of fused-ring (bicyclic) bond motifs is 2. The molecule has 3 nitrogen and oxygen atoms in total. The van der Waals surface area contributed by atoms with Crippen LogP contribution in [0.1, 0.15) is 53.1 Å². The van der Waals surface area contributed by atoms with Gasteiger partial charge in [0.2, 0.25) is 10.0 Å². The summed E-state index contributed by atoms with van der Waals surface area (Å²) < 4.78 is 30.6. The van der Waals surface area contributed by atoms with Crippen LogP contribution in [-0.4, -0.2) is 25.3 Å². The molecular weight excluding hydrogens is 450 g/mol. The van der Waals surface area contributed by atoms with Crippen molar-refractivity contribution in [2.45, 2.75) is 51.5 Å². The summed E-state index contributed by atoms with van der Waals surface area (Å²) in [6.07, 6.45) is 0. The molecule has 1 heterocycles.